The highest BCUT2D eigenvalue weighted by Gasteiger charge is 2.21. The molecule has 6 nitrogen and oxygen atoms in total. The first kappa shape index (κ1) is 14.9. The molecule has 19 heavy (non-hydrogen) atoms. The van der Waals surface area contributed by atoms with Crippen molar-refractivity contribution in [3.8, 4) is 0 Å². The van der Waals surface area contributed by atoms with Crippen molar-refractivity contribution < 1.29 is 14.3 Å². The standard InChI is InChI=1S/C13H18N2O4/c1-8(13(18)19-4)7-15(3)12(17)10-6-14-9(2)5-11(10)16/h5-6,8H,7H2,1-4H3,(H,14,16). The second kappa shape index (κ2) is 6.17. The molecule has 1 amide bonds. The molecular weight excluding hydrogens is 248 g/mol. The summed E-state index contributed by atoms with van der Waals surface area (Å²) >= 11 is 0. The van der Waals surface area contributed by atoms with Crippen LogP contribution in [-0.2, 0) is 9.53 Å². The van der Waals surface area contributed by atoms with Gasteiger partial charge in [0.15, 0.2) is 5.43 Å². The molecule has 1 heterocycles. The molecule has 1 aromatic rings. The Balaban J connectivity index is 2.82. The number of ether oxygens (including phenoxy) is 1. The molecule has 0 bridgehead atoms. The number of amides is 1. The van der Waals surface area contributed by atoms with Crippen molar-refractivity contribution in [2.45, 2.75) is 13.8 Å². The molecule has 0 radical (unpaired) electrons. The molecule has 0 aliphatic heterocycles. The van der Waals surface area contributed by atoms with E-state index >= 15 is 0 Å². The van der Waals surface area contributed by atoms with Gasteiger partial charge in [0.2, 0.25) is 0 Å². The normalized spacial score (nSPS) is 11.8. The van der Waals surface area contributed by atoms with Gasteiger partial charge in [-0.2, -0.15) is 0 Å². The molecule has 6 heteroatoms. The van der Waals surface area contributed by atoms with Crippen LogP contribution in [0.4, 0.5) is 0 Å². The van der Waals surface area contributed by atoms with E-state index in [9.17, 15) is 14.4 Å². The van der Waals surface area contributed by atoms with Gasteiger partial charge in [0, 0.05) is 31.5 Å². The van der Waals surface area contributed by atoms with Crippen molar-refractivity contribution in [2.75, 3.05) is 20.7 Å². The fourth-order valence-corrected chi connectivity index (χ4v) is 1.72. The minimum absolute atomic E-state index is 0.0603. The fraction of sp³-hybridized carbons (Fsp3) is 0.462. The maximum Gasteiger partial charge on any atom is 0.310 e. The summed E-state index contributed by atoms with van der Waals surface area (Å²) in [6, 6.07) is 1.37. The highest BCUT2D eigenvalue weighted by molar-refractivity contribution is 5.93. The van der Waals surface area contributed by atoms with Gasteiger partial charge in [-0.3, -0.25) is 14.4 Å². The maximum absolute atomic E-state index is 12.1. The zero-order valence-corrected chi connectivity index (χ0v) is 11.5. The summed E-state index contributed by atoms with van der Waals surface area (Å²) in [6.07, 6.45) is 1.39. The molecule has 1 aromatic heterocycles. The number of methoxy groups -OCH3 is 1. The maximum atomic E-state index is 12.1. The Kier molecular flexibility index (Phi) is 4.86. The van der Waals surface area contributed by atoms with E-state index in [1.54, 1.807) is 20.9 Å². The SMILES string of the molecule is COC(=O)C(C)CN(C)C(=O)c1c[nH]c(C)cc1=O. The van der Waals surface area contributed by atoms with Gasteiger partial charge in [-0.25, -0.2) is 0 Å². The van der Waals surface area contributed by atoms with Gasteiger partial charge in [-0.1, -0.05) is 6.92 Å². The summed E-state index contributed by atoms with van der Waals surface area (Å²) in [4.78, 5) is 39.2. The number of nitrogens with one attached hydrogen (secondary N) is 1. The predicted octanol–water partition coefficient (Wildman–Crippen LogP) is 0.564. The van der Waals surface area contributed by atoms with E-state index in [0.717, 1.165) is 0 Å². The lowest BCUT2D eigenvalue weighted by Crippen LogP contribution is -2.36. The summed E-state index contributed by atoms with van der Waals surface area (Å²) in [7, 11) is 2.84. The van der Waals surface area contributed by atoms with Crippen LogP contribution in [-0.4, -0.2) is 42.5 Å². The number of hydrogen-bond acceptors (Lipinski definition) is 4. The third-order valence-corrected chi connectivity index (χ3v) is 2.79. The summed E-state index contributed by atoms with van der Waals surface area (Å²) in [5.74, 6) is -1.25. The van der Waals surface area contributed by atoms with Crippen LogP contribution in [0.15, 0.2) is 17.1 Å². The van der Waals surface area contributed by atoms with Crippen LogP contribution in [0, 0.1) is 12.8 Å². The van der Waals surface area contributed by atoms with Crippen molar-refractivity contribution >= 4 is 11.9 Å². The van der Waals surface area contributed by atoms with Gasteiger partial charge < -0.3 is 14.6 Å². The lowest BCUT2D eigenvalue weighted by molar-refractivity contribution is -0.145. The zero-order chi connectivity index (χ0) is 14.6. The van der Waals surface area contributed by atoms with E-state index in [0.29, 0.717) is 5.69 Å². The predicted molar refractivity (Wildman–Crippen MR) is 69.9 cm³/mol. The molecular formula is C13H18N2O4. The number of nitrogens with zero attached hydrogens (tertiary/aromatic N) is 1. The topological polar surface area (TPSA) is 79.5 Å². The first-order valence-electron chi connectivity index (χ1n) is 5.89. The van der Waals surface area contributed by atoms with Gasteiger partial charge in [-0.05, 0) is 6.92 Å². The minimum atomic E-state index is -0.441. The third-order valence-electron chi connectivity index (χ3n) is 2.79. The molecule has 0 aromatic carbocycles. The molecule has 0 fully saturated rings. The minimum Gasteiger partial charge on any atom is -0.469 e. The Morgan fingerprint density at radius 1 is 1.47 bits per heavy atom. The number of carbonyl (C=O) groups is 2. The summed E-state index contributed by atoms with van der Waals surface area (Å²) in [6.45, 7) is 3.59. The smallest absolute Gasteiger partial charge is 0.310 e. The number of aromatic amines is 1. The molecule has 104 valence electrons. The molecule has 1 N–H and O–H groups in total. The quantitative estimate of drug-likeness (QED) is 0.808. The fourth-order valence-electron chi connectivity index (χ4n) is 1.72. The van der Waals surface area contributed by atoms with E-state index in [4.69, 9.17) is 0 Å². The molecule has 0 saturated carbocycles. The van der Waals surface area contributed by atoms with E-state index in [-0.39, 0.29) is 17.5 Å². The number of aromatic nitrogens is 1. The van der Waals surface area contributed by atoms with Crippen LogP contribution in [0.2, 0.25) is 0 Å². The Labute approximate surface area is 111 Å². The van der Waals surface area contributed by atoms with Crippen LogP contribution in [0.1, 0.15) is 23.0 Å². The number of H-pyrrole nitrogens is 1. The summed E-state index contributed by atoms with van der Waals surface area (Å²) in [5, 5.41) is 0. The van der Waals surface area contributed by atoms with E-state index in [1.165, 1.54) is 24.3 Å². The Hall–Kier alpha value is -2.11. The van der Waals surface area contributed by atoms with Crippen molar-refractivity contribution in [3.63, 3.8) is 0 Å². The van der Waals surface area contributed by atoms with E-state index in [2.05, 4.69) is 9.72 Å². The Bertz CT molecular complexity index is 536. The van der Waals surface area contributed by atoms with Gasteiger partial charge in [0.25, 0.3) is 5.91 Å². The number of hydrogen-bond donors (Lipinski definition) is 1. The molecule has 1 rings (SSSR count). The van der Waals surface area contributed by atoms with Crippen LogP contribution in [0.3, 0.4) is 0 Å². The molecule has 0 saturated heterocycles. The molecule has 1 atom stereocenters. The second-order valence-corrected chi connectivity index (χ2v) is 4.50. The van der Waals surface area contributed by atoms with Crippen LogP contribution in [0.25, 0.3) is 0 Å². The van der Waals surface area contributed by atoms with Gasteiger partial charge in [0.1, 0.15) is 5.56 Å². The van der Waals surface area contributed by atoms with Crippen LogP contribution < -0.4 is 5.43 Å². The lowest BCUT2D eigenvalue weighted by atomic mass is 10.1. The average Bonchev–Trinajstić information content (AvgIpc) is 2.36. The number of aryl methyl sites for hydroxylation is 1. The van der Waals surface area contributed by atoms with Crippen LogP contribution in [0.5, 0.6) is 0 Å². The van der Waals surface area contributed by atoms with Gasteiger partial charge in [-0.15, -0.1) is 0 Å². The largest absolute Gasteiger partial charge is 0.469 e. The zero-order valence-electron chi connectivity index (χ0n) is 11.5. The van der Waals surface area contributed by atoms with Crippen molar-refractivity contribution in [3.05, 3.63) is 33.7 Å². The molecule has 1 unspecified atom stereocenters. The Morgan fingerprint density at radius 2 is 2.11 bits per heavy atom. The molecule has 0 aliphatic carbocycles. The molecule has 0 spiro atoms. The first-order chi connectivity index (χ1) is 8.86. The van der Waals surface area contributed by atoms with Gasteiger partial charge in [0.05, 0.1) is 13.0 Å². The van der Waals surface area contributed by atoms with Crippen LogP contribution >= 0.6 is 0 Å². The second-order valence-electron chi connectivity index (χ2n) is 4.50. The van der Waals surface area contributed by atoms with Crippen molar-refractivity contribution in [2.24, 2.45) is 5.92 Å². The number of rotatable bonds is 4. The van der Waals surface area contributed by atoms with Gasteiger partial charge >= 0.3 is 5.97 Å². The summed E-state index contributed by atoms with van der Waals surface area (Å²) in [5.41, 5.74) is 0.413. The highest BCUT2D eigenvalue weighted by atomic mass is 16.5. The van der Waals surface area contributed by atoms with Crippen molar-refractivity contribution in [1.29, 1.82) is 0 Å². The van der Waals surface area contributed by atoms with E-state index in [1.807, 2.05) is 0 Å². The highest BCUT2D eigenvalue weighted by Crippen LogP contribution is 2.04. The monoisotopic (exact) mass is 266 g/mol. The lowest BCUT2D eigenvalue weighted by Gasteiger charge is -2.20. The Morgan fingerprint density at radius 3 is 2.63 bits per heavy atom. The first-order valence-corrected chi connectivity index (χ1v) is 5.89. The molecule has 0 aliphatic rings. The number of pyridine rings is 1. The number of esters is 1. The average molecular weight is 266 g/mol. The third kappa shape index (κ3) is 3.67. The van der Waals surface area contributed by atoms with E-state index < -0.39 is 17.8 Å². The number of carbonyl (C=O) groups excluding carboxylic acids is 2. The summed E-state index contributed by atoms with van der Waals surface area (Å²) < 4.78 is 4.59. The van der Waals surface area contributed by atoms with Crippen molar-refractivity contribution in [1.82, 2.24) is 9.88 Å².